The lowest BCUT2D eigenvalue weighted by Gasteiger charge is -2.14. The molecule has 5 aromatic rings. The van der Waals surface area contributed by atoms with Crippen molar-refractivity contribution in [2.75, 3.05) is 0 Å². The van der Waals surface area contributed by atoms with E-state index in [2.05, 4.69) is 149 Å². The van der Waals surface area contributed by atoms with Crippen LogP contribution in [0.15, 0.2) is 58.9 Å². The van der Waals surface area contributed by atoms with Gasteiger partial charge in [-0.2, -0.15) is 18.9 Å². The molecule has 0 aliphatic rings. The number of nitrogens with zero attached hydrogens (tertiary/aromatic N) is 7. The fourth-order valence-electron chi connectivity index (χ4n) is 3.13. The van der Waals surface area contributed by atoms with Crippen LogP contribution in [0.5, 0.6) is 0 Å². The van der Waals surface area contributed by atoms with Crippen molar-refractivity contribution in [2.24, 2.45) is 7.05 Å². The molecule has 0 saturated heterocycles. The van der Waals surface area contributed by atoms with Crippen molar-refractivity contribution in [3.8, 4) is 0 Å². The summed E-state index contributed by atoms with van der Waals surface area (Å²) in [6.45, 7) is 32.2. The second-order valence-electron chi connectivity index (χ2n) is 16.2. The Bertz CT molecular complexity index is 1260. The zero-order valence-corrected chi connectivity index (χ0v) is 32.7. The molecule has 0 atom stereocenters. The predicted octanol–water partition coefficient (Wildman–Crippen LogP) is 9.67. The molecule has 0 amide bonds. The van der Waals surface area contributed by atoms with Crippen molar-refractivity contribution < 1.29 is 4.42 Å². The summed E-state index contributed by atoms with van der Waals surface area (Å²) in [6.07, 6.45) is 12.7. The molecule has 0 bridgehead atoms. The van der Waals surface area contributed by atoms with E-state index in [9.17, 15) is 0 Å². The molecule has 0 aliphatic carbocycles. The number of oxazole rings is 1. The molecular weight excluding hydrogens is 613 g/mol. The third kappa shape index (κ3) is 15.9. The van der Waals surface area contributed by atoms with E-state index in [0.29, 0.717) is 0 Å². The van der Waals surface area contributed by atoms with Gasteiger partial charge >= 0.3 is 0 Å². The largest absolute Gasteiger partial charge is 0.451 e. The van der Waals surface area contributed by atoms with Gasteiger partial charge in [-0.1, -0.05) is 104 Å². The van der Waals surface area contributed by atoms with Crippen molar-refractivity contribution in [2.45, 2.75) is 131 Å². The fraction of sp³-hybridized carbons (Fsp3) is 0.600. The Hall–Kier alpha value is -3.18. The van der Waals surface area contributed by atoms with Gasteiger partial charge in [0, 0.05) is 41.1 Å². The quantitative estimate of drug-likeness (QED) is 0.175. The van der Waals surface area contributed by atoms with Crippen LogP contribution in [0.4, 0.5) is 0 Å². The maximum atomic E-state index is 4.83. The summed E-state index contributed by atoms with van der Waals surface area (Å²) in [7, 11) is 1.94. The summed E-state index contributed by atoms with van der Waals surface area (Å²) in [4.78, 5) is 8.23. The summed E-state index contributed by atoms with van der Waals surface area (Å²) >= 11 is 2.92. The van der Waals surface area contributed by atoms with Crippen LogP contribution in [0, 0.1) is 0 Å². The molecule has 9 nitrogen and oxygen atoms in total. The first-order chi connectivity index (χ1) is 20.9. The Kier molecular flexibility index (Phi) is 15.2. The molecule has 0 spiro atoms. The number of aromatic nitrogens is 8. The average molecular weight is 671 g/mol. The summed E-state index contributed by atoms with van der Waals surface area (Å²) in [5, 5.41) is 12.8. The number of hydrogen-bond donors (Lipinski definition) is 1. The zero-order chi connectivity index (χ0) is 35.4. The van der Waals surface area contributed by atoms with Gasteiger partial charge in [-0.15, -0.1) is 11.3 Å². The molecule has 0 radical (unpaired) electrons. The van der Waals surface area contributed by atoms with E-state index >= 15 is 0 Å². The lowest BCUT2D eigenvalue weighted by Crippen LogP contribution is -2.10. The first-order valence-corrected chi connectivity index (χ1v) is 17.1. The van der Waals surface area contributed by atoms with Crippen LogP contribution >= 0.6 is 23.1 Å². The highest BCUT2D eigenvalue weighted by atomic mass is 32.1. The molecule has 0 aliphatic heterocycles. The minimum atomic E-state index is 0.118. The monoisotopic (exact) mass is 670 g/mol. The molecule has 1 N–H and O–H groups in total. The molecule has 11 heteroatoms. The number of hydrogen-bond acceptors (Lipinski definition) is 9. The van der Waals surface area contributed by atoms with Gasteiger partial charge in [0.15, 0.2) is 6.39 Å². The molecule has 0 fully saturated rings. The van der Waals surface area contributed by atoms with Crippen molar-refractivity contribution in [1.29, 1.82) is 0 Å². The van der Waals surface area contributed by atoms with Gasteiger partial charge in [-0.05, 0) is 22.0 Å². The van der Waals surface area contributed by atoms with Gasteiger partial charge in [0.25, 0.3) is 0 Å². The summed E-state index contributed by atoms with van der Waals surface area (Å²) in [6, 6.07) is 0. The third-order valence-electron chi connectivity index (χ3n) is 6.47. The number of thiazole rings is 1. The van der Waals surface area contributed by atoms with Crippen molar-refractivity contribution in [3.63, 3.8) is 0 Å². The number of H-pyrrole nitrogens is 1. The minimum Gasteiger partial charge on any atom is -0.451 e. The Morgan fingerprint density at radius 1 is 0.674 bits per heavy atom. The molecule has 5 rings (SSSR count). The minimum absolute atomic E-state index is 0.118. The highest BCUT2D eigenvalue weighted by molar-refractivity contribution is 7.07. The zero-order valence-electron chi connectivity index (χ0n) is 31.1. The Morgan fingerprint density at radius 3 is 1.48 bits per heavy atom. The van der Waals surface area contributed by atoms with Crippen LogP contribution in [-0.2, 0) is 34.1 Å². The van der Waals surface area contributed by atoms with Gasteiger partial charge < -0.3 is 4.42 Å². The standard InChI is InChI=1S/C8H14N2.C7H12N2.C7H11NO.C7H11NS.C6H10N2S/c1-8(2,3)7-5-9-10(4)6-7;1-7(2,3)6-4-8-9-5-6;2*1-7(2,3)6-4-9-5-8-6;1-6(2,3)5-4-7-9-8-5/h5-6H,1-4H3;4-5H,1-3H3,(H,8,9);2*4-5H,1-3H3;4H,1-3H3. The molecule has 256 valence electrons. The Balaban J connectivity index is 0.000000288. The summed E-state index contributed by atoms with van der Waals surface area (Å²) in [5.74, 6) is 0. The van der Waals surface area contributed by atoms with E-state index in [4.69, 9.17) is 4.42 Å². The average Bonchev–Trinajstić information content (AvgIpc) is 3.76. The maximum Gasteiger partial charge on any atom is 0.180 e. The lowest BCUT2D eigenvalue weighted by molar-refractivity contribution is 0.537. The Labute approximate surface area is 286 Å². The van der Waals surface area contributed by atoms with Crippen molar-refractivity contribution in [1.82, 2.24) is 38.7 Å². The fourth-order valence-corrected chi connectivity index (χ4v) is 4.51. The number of aromatic amines is 1. The first kappa shape index (κ1) is 40.8. The molecular formula is C35H58N8OS2. The SMILES string of the molecule is CC(C)(C)c1cn[nH]c1.CC(C)(C)c1cnsn1.CC(C)(C)c1cocn1.CC(C)(C)c1cscn1.Cn1cc(C(C)(C)C)cn1. The highest BCUT2D eigenvalue weighted by Gasteiger charge is 2.17. The molecule has 5 heterocycles. The smallest absolute Gasteiger partial charge is 0.180 e. The molecule has 46 heavy (non-hydrogen) atoms. The van der Waals surface area contributed by atoms with Crippen LogP contribution in [0.3, 0.4) is 0 Å². The molecule has 0 aromatic carbocycles. The van der Waals surface area contributed by atoms with E-state index < -0.39 is 0 Å². The van der Waals surface area contributed by atoms with E-state index in [-0.39, 0.29) is 27.1 Å². The van der Waals surface area contributed by atoms with Gasteiger partial charge in [0.05, 0.1) is 52.9 Å². The highest BCUT2D eigenvalue weighted by Crippen LogP contribution is 2.22. The van der Waals surface area contributed by atoms with Gasteiger partial charge in [-0.3, -0.25) is 9.78 Å². The maximum absolute atomic E-state index is 4.83. The van der Waals surface area contributed by atoms with Crippen LogP contribution < -0.4 is 0 Å². The van der Waals surface area contributed by atoms with E-state index in [1.807, 2.05) is 42.0 Å². The van der Waals surface area contributed by atoms with Crippen molar-refractivity contribution >= 4 is 23.1 Å². The predicted molar refractivity (Wildman–Crippen MR) is 194 cm³/mol. The van der Waals surface area contributed by atoms with Gasteiger partial charge in [-0.25, -0.2) is 9.97 Å². The topological polar surface area (TPSA) is 111 Å². The number of aryl methyl sites for hydroxylation is 1. The normalized spacial score (nSPS) is 11.9. The van der Waals surface area contributed by atoms with Crippen LogP contribution in [0.25, 0.3) is 0 Å². The van der Waals surface area contributed by atoms with Crippen LogP contribution in [0.2, 0.25) is 0 Å². The Morgan fingerprint density at radius 2 is 1.26 bits per heavy atom. The van der Waals surface area contributed by atoms with E-state index in [1.54, 1.807) is 17.6 Å². The van der Waals surface area contributed by atoms with Crippen LogP contribution in [0.1, 0.15) is 132 Å². The van der Waals surface area contributed by atoms with E-state index in [1.165, 1.54) is 34.9 Å². The van der Waals surface area contributed by atoms with E-state index in [0.717, 1.165) is 11.4 Å². The summed E-state index contributed by atoms with van der Waals surface area (Å²) < 4.78 is 14.7. The van der Waals surface area contributed by atoms with Gasteiger partial charge in [0.1, 0.15) is 6.26 Å². The van der Waals surface area contributed by atoms with Gasteiger partial charge in [0.2, 0.25) is 0 Å². The van der Waals surface area contributed by atoms with Crippen LogP contribution in [-0.4, -0.2) is 38.7 Å². The number of nitrogens with one attached hydrogen (secondary N) is 1. The summed E-state index contributed by atoms with van der Waals surface area (Å²) in [5.41, 5.74) is 8.64. The molecule has 5 aromatic heterocycles. The second kappa shape index (κ2) is 17.1. The second-order valence-corrected chi connectivity index (χ2v) is 17.5. The molecule has 0 unspecified atom stereocenters. The third-order valence-corrected chi connectivity index (χ3v) is 7.53. The first-order valence-electron chi connectivity index (χ1n) is 15.5. The lowest BCUT2D eigenvalue weighted by atomic mass is 9.90. The van der Waals surface area contributed by atoms with Crippen molar-refractivity contribution in [3.05, 3.63) is 82.7 Å². The molecule has 0 saturated carbocycles. The number of rotatable bonds is 0.